The number of hydrogen-bond donors (Lipinski definition) is 1. The van der Waals surface area contributed by atoms with Crippen molar-refractivity contribution in [3.05, 3.63) is 0 Å². The van der Waals surface area contributed by atoms with Gasteiger partial charge in [0, 0.05) is 6.54 Å². The summed E-state index contributed by atoms with van der Waals surface area (Å²) in [5.41, 5.74) is 5.04. The predicted molar refractivity (Wildman–Crippen MR) is 46.8 cm³/mol. The maximum absolute atomic E-state index is 12.2. The number of alkyl halides is 3. The molecule has 0 aromatic heterocycles. The normalized spacial score (nSPS) is 21.4. The zero-order valence-corrected chi connectivity index (χ0v) is 8.02. The van der Waals surface area contributed by atoms with Crippen molar-refractivity contribution in [2.24, 2.45) is 11.7 Å². The molecule has 1 saturated carbocycles. The fraction of sp³-hybridized carbons (Fsp3) is 1.00. The van der Waals surface area contributed by atoms with Crippen molar-refractivity contribution in [2.45, 2.75) is 38.0 Å². The highest BCUT2D eigenvalue weighted by atomic mass is 19.4. The van der Waals surface area contributed by atoms with Crippen LogP contribution >= 0.6 is 0 Å². The highest BCUT2D eigenvalue weighted by Crippen LogP contribution is 2.28. The van der Waals surface area contributed by atoms with Crippen LogP contribution in [0.25, 0.3) is 0 Å². The number of ether oxygens (including phenoxy) is 1. The van der Waals surface area contributed by atoms with E-state index in [2.05, 4.69) is 0 Å². The lowest BCUT2D eigenvalue weighted by atomic mass is 10.1. The van der Waals surface area contributed by atoms with Crippen LogP contribution in [0.3, 0.4) is 0 Å². The average Bonchev–Trinajstić information content (AvgIpc) is 2.55. The lowest BCUT2D eigenvalue weighted by Gasteiger charge is -2.20. The maximum Gasteiger partial charge on any atom is 0.395 e. The smallest absolute Gasteiger partial charge is 0.378 e. The van der Waals surface area contributed by atoms with Gasteiger partial charge in [0.1, 0.15) is 0 Å². The molecule has 84 valence electrons. The van der Waals surface area contributed by atoms with Gasteiger partial charge >= 0.3 is 6.18 Å². The van der Waals surface area contributed by atoms with Gasteiger partial charge in [0.05, 0.1) is 18.6 Å². The molecule has 0 aromatic rings. The molecule has 1 unspecified atom stereocenters. The third-order valence-corrected chi connectivity index (χ3v) is 2.58. The quantitative estimate of drug-likeness (QED) is 0.772. The predicted octanol–water partition coefficient (Wildman–Crippen LogP) is 2.08. The first kappa shape index (κ1) is 11.8. The van der Waals surface area contributed by atoms with Crippen LogP contribution in [-0.2, 0) is 4.74 Å². The average molecular weight is 211 g/mol. The SMILES string of the molecule is NCC(COC1CCCC1)C(F)(F)F. The molecule has 0 aromatic carbocycles. The molecule has 0 bridgehead atoms. The summed E-state index contributed by atoms with van der Waals surface area (Å²) >= 11 is 0. The molecule has 0 aliphatic heterocycles. The number of hydrogen-bond acceptors (Lipinski definition) is 2. The zero-order chi connectivity index (χ0) is 10.6. The molecule has 1 aliphatic carbocycles. The van der Waals surface area contributed by atoms with Crippen LogP contribution in [0.15, 0.2) is 0 Å². The fourth-order valence-electron chi connectivity index (χ4n) is 1.60. The lowest BCUT2D eigenvalue weighted by Crippen LogP contribution is -2.35. The minimum atomic E-state index is -4.23. The number of nitrogens with two attached hydrogens (primary N) is 1. The summed E-state index contributed by atoms with van der Waals surface area (Å²) in [6.45, 7) is -0.680. The molecule has 2 N–H and O–H groups in total. The standard InChI is InChI=1S/C9H16F3NO/c10-9(11,12)7(5-13)6-14-8-3-1-2-4-8/h7-8H,1-6,13H2. The summed E-state index contributed by atoms with van der Waals surface area (Å²) in [7, 11) is 0. The molecule has 0 saturated heterocycles. The van der Waals surface area contributed by atoms with Crippen molar-refractivity contribution in [3.63, 3.8) is 0 Å². The topological polar surface area (TPSA) is 35.2 Å². The number of halogens is 3. The maximum atomic E-state index is 12.2. The lowest BCUT2D eigenvalue weighted by molar-refractivity contribution is -0.188. The molecule has 0 spiro atoms. The highest BCUT2D eigenvalue weighted by Gasteiger charge is 2.39. The second-order valence-corrected chi connectivity index (χ2v) is 3.71. The van der Waals surface area contributed by atoms with Gasteiger partial charge in [-0.1, -0.05) is 12.8 Å². The Labute approximate surface area is 81.6 Å². The third-order valence-electron chi connectivity index (χ3n) is 2.58. The molecule has 0 heterocycles. The van der Waals surface area contributed by atoms with Crippen molar-refractivity contribution >= 4 is 0 Å². The second kappa shape index (κ2) is 4.98. The van der Waals surface area contributed by atoms with E-state index in [1.807, 2.05) is 0 Å². The van der Waals surface area contributed by atoms with Crippen LogP contribution in [0.4, 0.5) is 13.2 Å². The van der Waals surface area contributed by atoms with E-state index < -0.39 is 18.6 Å². The van der Waals surface area contributed by atoms with E-state index >= 15 is 0 Å². The van der Waals surface area contributed by atoms with Gasteiger partial charge in [-0.25, -0.2) is 0 Å². The Kier molecular flexibility index (Phi) is 4.19. The molecule has 14 heavy (non-hydrogen) atoms. The Morgan fingerprint density at radius 3 is 2.29 bits per heavy atom. The van der Waals surface area contributed by atoms with Gasteiger partial charge in [-0.2, -0.15) is 13.2 Å². The van der Waals surface area contributed by atoms with Gasteiger partial charge in [0.25, 0.3) is 0 Å². The second-order valence-electron chi connectivity index (χ2n) is 3.71. The van der Waals surface area contributed by atoms with Gasteiger partial charge in [-0.05, 0) is 12.8 Å². The van der Waals surface area contributed by atoms with Crippen LogP contribution in [-0.4, -0.2) is 25.4 Å². The summed E-state index contributed by atoms with van der Waals surface area (Å²) in [5, 5.41) is 0. The first-order valence-electron chi connectivity index (χ1n) is 4.92. The van der Waals surface area contributed by atoms with E-state index in [0.29, 0.717) is 0 Å². The molecular weight excluding hydrogens is 195 g/mol. The highest BCUT2D eigenvalue weighted by molar-refractivity contribution is 4.71. The Balaban J connectivity index is 2.26. The fourth-order valence-corrected chi connectivity index (χ4v) is 1.60. The Morgan fingerprint density at radius 1 is 1.29 bits per heavy atom. The van der Waals surface area contributed by atoms with Crippen molar-refractivity contribution in [1.29, 1.82) is 0 Å². The van der Waals surface area contributed by atoms with Crippen LogP contribution in [0.5, 0.6) is 0 Å². The summed E-state index contributed by atoms with van der Waals surface area (Å²) in [5.74, 6) is -1.51. The van der Waals surface area contributed by atoms with E-state index in [9.17, 15) is 13.2 Å². The number of rotatable bonds is 4. The summed E-state index contributed by atoms with van der Waals surface area (Å²) in [6.07, 6.45) is -0.322. The largest absolute Gasteiger partial charge is 0.395 e. The van der Waals surface area contributed by atoms with Gasteiger partial charge in [-0.3, -0.25) is 0 Å². The molecule has 0 radical (unpaired) electrons. The van der Waals surface area contributed by atoms with Crippen molar-refractivity contribution < 1.29 is 17.9 Å². The first-order chi connectivity index (χ1) is 6.54. The first-order valence-corrected chi connectivity index (χ1v) is 4.92. The van der Waals surface area contributed by atoms with Crippen molar-refractivity contribution in [3.8, 4) is 0 Å². The van der Waals surface area contributed by atoms with Gasteiger partial charge in [-0.15, -0.1) is 0 Å². The third kappa shape index (κ3) is 3.46. The van der Waals surface area contributed by atoms with Crippen LogP contribution in [0, 0.1) is 5.92 Å². The molecule has 0 amide bonds. The van der Waals surface area contributed by atoms with E-state index in [1.54, 1.807) is 0 Å². The van der Waals surface area contributed by atoms with E-state index in [0.717, 1.165) is 25.7 Å². The van der Waals surface area contributed by atoms with Crippen molar-refractivity contribution in [1.82, 2.24) is 0 Å². The molecule has 5 heteroatoms. The van der Waals surface area contributed by atoms with E-state index in [-0.39, 0.29) is 12.7 Å². The molecule has 1 rings (SSSR count). The molecule has 2 nitrogen and oxygen atoms in total. The summed E-state index contributed by atoms with van der Waals surface area (Å²) in [4.78, 5) is 0. The summed E-state index contributed by atoms with van der Waals surface area (Å²) < 4.78 is 41.9. The Hall–Kier alpha value is -0.290. The van der Waals surface area contributed by atoms with Crippen molar-refractivity contribution in [2.75, 3.05) is 13.2 Å². The Morgan fingerprint density at radius 2 is 1.86 bits per heavy atom. The molecule has 1 atom stereocenters. The molecule has 1 fully saturated rings. The van der Waals surface area contributed by atoms with Crippen LogP contribution in [0.1, 0.15) is 25.7 Å². The van der Waals surface area contributed by atoms with Crippen LogP contribution in [0.2, 0.25) is 0 Å². The minimum Gasteiger partial charge on any atom is -0.378 e. The Bertz CT molecular complexity index is 166. The monoisotopic (exact) mass is 211 g/mol. The van der Waals surface area contributed by atoms with Gasteiger partial charge in [0.15, 0.2) is 0 Å². The summed E-state index contributed by atoms with van der Waals surface area (Å²) in [6, 6.07) is 0. The van der Waals surface area contributed by atoms with Gasteiger partial charge in [0.2, 0.25) is 0 Å². The zero-order valence-electron chi connectivity index (χ0n) is 8.02. The minimum absolute atomic E-state index is 0.0198. The van der Waals surface area contributed by atoms with E-state index in [1.165, 1.54) is 0 Å². The molecule has 1 aliphatic rings. The van der Waals surface area contributed by atoms with E-state index in [4.69, 9.17) is 10.5 Å². The van der Waals surface area contributed by atoms with Crippen LogP contribution < -0.4 is 5.73 Å². The van der Waals surface area contributed by atoms with Gasteiger partial charge < -0.3 is 10.5 Å². The molecular formula is C9H16F3NO.